The Morgan fingerprint density at radius 3 is 1.55 bits per heavy atom. The molecule has 0 radical (unpaired) electrons. The molecule has 1 rings (SSSR count). The molecule has 0 spiro atoms. The Kier molecular flexibility index (Phi) is 13.2. The van der Waals surface area contributed by atoms with Gasteiger partial charge in [-0.3, -0.25) is 0 Å². The standard InChI is InChI=1S/C20H41NO/c1-2-3-4-5-6-7-8-9-10-11-12-13-14-15-16-19-17-21-18-20(19)22/h19-22H,2-18H2,1H3. The maximum Gasteiger partial charge on any atom is 0.0704 e. The summed E-state index contributed by atoms with van der Waals surface area (Å²) in [6, 6.07) is 0. The second kappa shape index (κ2) is 14.5. The third-order valence-electron chi connectivity index (χ3n) is 5.23. The van der Waals surface area contributed by atoms with Crippen LogP contribution < -0.4 is 5.32 Å². The van der Waals surface area contributed by atoms with Gasteiger partial charge in [0.1, 0.15) is 0 Å². The van der Waals surface area contributed by atoms with E-state index in [1.807, 2.05) is 0 Å². The van der Waals surface area contributed by atoms with Gasteiger partial charge in [0.25, 0.3) is 0 Å². The Bertz CT molecular complexity index is 232. The van der Waals surface area contributed by atoms with E-state index in [0.29, 0.717) is 5.92 Å². The molecule has 132 valence electrons. The average molecular weight is 312 g/mol. The number of aliphatic hydroxyl groups excluding tert-OH is 1. The Hall–Kier alpha value is -0.0800. The summed E-state index contributed by atoms with van der Waals surface area (Å²) in [5.74, 6) is 0.525. The first-order chi connectivity index (χ1) is 10.8. The van der Waals surface area contributed by atoms with Crippen LogP contribution in [0.1, 0.15) is 103 Å². The minimum absolute atomic E-state index is 0.0815. The van der Waals surface area contributed by atoms with Crippen LogP contribution >= 0.6 is 0 Å². The van der Waals surface area contributed by atoms with Gasteiger partial charge in [0, 0.05) is 13.1 Å². The third kappa shape index (κ3) is 10.6. The van der Waals surface area contributed by atoms with Crippen molar-refractivity contribution in [3.8, 4) is 0 Å². The first kappa shape index (κ1) is 20.0. The van der Waals surface area contributed by atoms with Crippen molar-refractivity contribution in [3.05, 3.63) is 0 Å². The Labute approximate surface area is 139 Å². The van der Waals surface area contributed by atoms with Gasteiger partial charge in [0.15, 0.2) is 0 Å². The van der Waals surface area contributed by atoms with Crippen LogP contribution in [0.25, 0.3) is 0 Å². The van der Waals surface area contributed by atoms with Gasteiger partial charge in [-0.25, -0.2) is 0 Å². The van der Waals surface area contributed by atoms with Gasteiger partial charge >= 0.3 is 0 Å². The van der Waals surface area contributed by atoms with E-state index in [1.54, 1.807) is 0 Å². The molecule has 0 saturated carbocycles. The Balaban J connectivity index is 1.69. The van der Waals surface area contributed by atoms with Crippen LogP contribution in [0, 0.1) is 5.92 Å². The van der Waals surface area contributed by atoms with Crippen molar-refractivity contribution in [1.29, 1.82) is 0 Å². The normalized spacial score (nSPS) is 21.5. The quantitative estimate of drug-likeness (QED) is 0.395. The van der Waals surface area contributed by atoms with Crippen molar-refractivity contribution < 1.29 is 5.11 Å². The van der Waals surface area contributed by atoms with Crippen molar-refractivity contribution >= 4 is 0 Å². The van der Waals surface area contributed by atoms with Gasteiger partial charge in [0.2, 0.25) is 0 Å². The van der Waals surface area contributed by atoms with E-state index in [0.717, 1.165) is 13.1 Å². The summed E-state index contributed by atoms with van der Waals surface area (Å²) in [7, 11) is 0. The average Bonchev–Trinajstić information content (AvgIpc) is 2.93. The molecule has 1 fully saturated rings. The second-order valence-corrected chi connectivity index (χ2v) is 7.37. The van der Waals surface area contributed by atoms with Gasteiger partial charge in [0.05, 0.1) is 6.10 Å². The van der Waals surface area contributed by atoms with E-state index < -0.39 is 0 Å². The summed E-state index contributed by atoms with van der Waals surface area (Å²) in [5.41, 5.74) is 0. The lowest BCUT2D eigenvalue weighted by molar-refractivity contribution is 0.141. The van der Waals surface area contributed by atoms with Crippen molar-refractivity contribution in [1.82, 2.24) is 5.32 Å². The zero-order valence-electron chi connectivity index (χ0n) is 15.1. The highest BCUT2D eigenvalue weighted by Crippen LogP contribution is 2.18. The molecule has 22 heavy (non-hydrogen) atoms. The summed E-state index contributed by atoms with van der Waals surface area (Å²) in [4.78, 5) is 0. The molecular weight excluding hydrogens is 270 g/mol. The van der Waals surface area contributed by atoms with Gasteiger partial charge in [-0.2, -0.15) is 0 Å². The second-order valence-electron chi connectivity index (χ2n) is 7.37. The number of unbranched alkanes of at least 4 members (excludes halogenated alkanes) is 13. The van der Waals surface area contributed by atoms with Crippen molar-refractivity contribution in [2.75, 3.05) is 13.1 Å². The molecule has 1 heterocycles. The molecule has 2 unspecified atom stereocenters. The molecule has 2 N–H and O–H groups in total. The van der Waals surface area contributed by atoms with Crippen LogP contribution in [0.2, 0.25) is 0 Å². The van der Waals surface area contributed by atoms with Crippen LogP contribution in [0.5, 0.6) is 0 Å². The molecule has 0 aliphatic carbocycles. The fourth-order valence-corrected chi connectivity index (χ4v) is 3.61. The number of β-amino-alcohol motifs (C(OH)–C–C–N with tert-alkyl or cyclic N) is 1. The van der Waals surface area contributed by atoms with Crippen LogP contribution in [0.4, 0.5) is 0 Å². The fraction of sp³-hybridized carbons (Fsp3) is 1.00. The van der Waals surface area contributed by atoms with Crippen molar-refractivity contribution in [3.63, 3.8) is 0 Å². The van der Waals surface area contributed by atoms with Crippen LogP contribution in [-0.4, -0.2) is 24.3 Å². The predicted octanol–water partition coefficient (Wildman–Crippen LogP) is 5.44. The Morgan fingerprint density at radius 1 is 0.682 bits per heavy atom. The summed E-state index contributed by atoms with van der Waals surface area (Å²) in [5, 5.41) is 13.0. The minimum atomic E-state index is -0.0815. The van der Waals surface area contributed by atoms with Crippen molar-refractivity contribution in [2.45, 2.75) is 109 Å². The maximum absolute atomic E-state index is 9.73. The number of rotatable bonds is 15. The molecule has 0 amide bonds. The summed E-state index contributed by atoms with van der Waals surface area (Å²) < 4.78 is 0. The van der Waals surface area contributed by atoms with E-state index >= 15 is 0 Å². The minimum Gasteiger partial charge on any atom is -0.391 e. The molecular formula is C20H41NO. The number of hydrogen-bond acceptors (Lipinski definition) is 2. The number of hydrogen-bond donors (Lipinski definition) is 2. The molecule has 0 aromatic carbocycles. The lowest BCUT2D eigenvalue weighted by Crippen LogP contribution is -2.17. The fourth-order valence-electron chi connectivity index (χ4n) is 3.61. The SMILES string of the molecule is CCCCCCCCCCCCCCCCC1CNCC1O. The van der Waals surface area contributed by atoms with Crippen LogP contribution in [-0.2, 0) is 0 Å². The van der Waals surface area contributed by atoms with Crippen LogP contribution in [0.15, 0.2) is 0 Å². The summed E-state index contributed by atoms with van der Waals surface area (Å²) in [6.45, 7) is 4.12. The van der Waals surface area contributed by atoms with Gasteiger partial charge in [-0.1, -0.05) is 96.8 Å². The highest BCUT2D eigenvalue weighted by molar-refractivity contribution is 4.79. The van der Waals surface area contributed by atoms with E-state index in [9.17, 15) is 5.11 Å². The molecule has 2 nitrogen and oxygen atoms in total. The largest absolute Gasteiger partial charge is 0.391 e. The molecule has 0 aromatic heterocycles. The molecule has 2 heteroatoms. The lowest BCUT2D eigenvalue weighted by atomic mass is 9.97. The first-order valence-electron chi connectivity index (χ1n) is 10.2. The highest BCUT2D eigenvalue weighted by Gasteiger charge is 2.23. The van der Waals surface area contributed by atoms with E-state index in [2.05, 4.69) is 12.2 Å². The third-order valence-corrected chi connectivity index (χ3v) is 5.23. The molecule has 2 atom stereocenters. The molecule has 1 saturated heterocycles. The monoisotopic (exact) mass is 311 g/mol. The van der Waals surface area contributed by atoms with Gasteiger partial charge in [-0.05, 0) is 12.3 Å². The highest BCUT2D eigenvalue weighted by atomic mass is 16.3. The molecule has 0 bridgehead atoms. The van der Waals surface area contributed by atoms with Gasteiger partial charge < -0.3 is 10.4 Å². The summed E-state index contributed by atoms with van der Waals surface area (Å²) >= 11 is 0. The van der Waals surface area contributed by atoms with E-state index in [1.165, 1.54) is 96.3 Å². The zero-order chi connectivity index (χ0) is 15.9. The van der Waals surface area contributed by atoms with Gasteiger partial charge in [-0.15, -0.1) is 0 Å². The maximum atomic E-state index is 9.73. The summed E-state index contributed by atoms with van der Waals surface area (Å²) in [6.07, 6.45) is 21.0. The van der Waals surface area contributed by atoms with Crippen LogP contribution in [0.3, 0.4) is 0 Å². The molecule has 0 aromatic rings. The predicted molar refractivity (Wildman–Crippen MR) is 97.3 cm³/mol. The van der Waals surface area contributed by atoms with E-state index in [4.69, 9.17) is 0 Å². The zero-order valence-corrected chi connectivity index (χ0v) is 15.1. The number of aliphatic hydroxyl groups is 1. The van der Waals surface area contributed by atoms with E-state index in [-0.39, 0.29) is 6.10 Å². The topological polar surface area (TPSA) is 32.3 Å². The molecule has 1 aliphatic rings. The number of nitrogens with one attached hydrogen (secondary N) is 1. The molecule has 1 aliphatic heterocycles. The Morgan fingerprint density at radius 2 is 1.14 bits per heavy atom. The lowest BCUT2D eigenvalue weighted by Gasteiger charge is -2.12. The van der Waals surface area contributed by atoms with Crippen molar-refractivity contribution in [2.24, 2.45) is 5.92 Å². The smallest absolute Gasteiger partial charge is 0.0704 e. The first-order valence-corrected chi connectivity index (χ1v) is 10.2.